The topological polar surface area (TPSA) is 35.6 Å². The summed E-state index contributed by atoms with van der Waals surface area (Å²) in [6.45, 7) is 15.8. The Labute approximate surface area is 135 Å². The fourth-order valence-corrected chi connectivity index (χ4v) is 4.45. The average molecular weight is 307 g/mol. The van der Waals surface area contributed by atoms with Crippen molar-refractivity contribution in [2.75, 3.05) is 39.3 Å². The summed E-state index contributed by atoms with van der Waals surface area (Å²) in [5, 5.41) is 3.15. The lowest BCUT2D eigenvalue weighted by Gasteiger charge is -2.33. The molecule has 0 unspecified atom stereocenters. The quantitative estimate of drug-likeness (QED) is 0.860. The highest BCUT2D eigenvalue weighted by Crippen LogP contribution is 2.52. The molecule has 1 saturated carbocycles. The summed E-state index contributed by atoms with van der Waals surface area (Å²) >= 11 is 0. The van der Waals surface area contributed by atoms with Crippen LogP contribution in [-0.2, 0) is 4.79 Å². The number of fused-ring (bicyclic) bond motifs is 1. The fourth-order valence-electron chi connectivity index (χ4n) is 4.45. The second-order valence-corrected chi connectivity index (χ2v) is 8.69. The van der Waals surface area contributed by atoms with E-state index in [4.69, 9.17) is 0 Å². The first kappa shape index (κ1) is 16.3. The number of carbonyl (C=O) groups is 1. The monoisotopic (exact) mass is 307 g/mol. The van der Waals surface area contributed by atoms with Crippen LogP contribution < -0.4 is 5.32 Å². The minimum Gasteiger partial charge on any atom is -0.351 e. The van der Waals surface area contributed by atoms with Crippen LogP contribution in [-0.4, -0.2) is 60.5 Å². The van der Waals surface area contributed by atoms with Gasteiger partial charge in [0.25, 0.3) is 0 Å². The number of hydrogen-bond acceptors (Lipinski definition) is 3. The summed E-state index contributed by atoms with van der Waals surface area (Å²) in [5.74, 6) is 2.74. The SMILES string of the molecule is CCN1CCC(CN2C[C@@H]3[C@H](C2)[C@H]3C(=O)NC(C)(C)C)CC1. The van der Waals surface area contributed by atoms with Gasteiger partial charge in [0.2, 0.25) is 5.91 Å². The minimum atomic E-state index is -0.0963. The molecule has 0 radical (unpaired) electrons. The number of hydrogen-bond donors (Lipinski definition) is 1. The van der Waals surface area contributed by atoms with Crippen molar-refractivity contribution in [2.45, 2.75) is 46.1 Å². The van der Waals surface area contributed by atoms with Gasteiger partial charge in [-0.3, -0.25) is 4.79 Å². The molecule has 0 aromatic heterocycles. The molecule has 0 bridgehead atoms. The van der Waals surface area contributed by atoms with E-state index in [1.165, 1.54) is 39.0 Å². The third-order valence-corrected chi connectivity index (χ3v) is 5.74. The van der Waals surface area contributed by atoms with Gasteiger partial charge in [-0.1, -0.05) is 6.92 Å². The van der Waals surface area contributed by atoms with Crippen LogP contribution in [0.5, 0.6) is 0 Å². The Balaban J connectivity index is 1.39. The molecule has 126 valence electrons. The molecule has 2 heterocycles. The number of rotatable bonds is 4. The van der Waals surface area contributed by atoms with Crippen molar-refractivity contribution in [3.05, 3.63) is 0 Å². The molecule has 4 nitrogen and oxygen atoms in total. The normalized spacial score (nSPS) is 33.7. The highest BCUT2D eigenvalue weighted by molar-refractivity contribution is 5.83. The molecule has 1 aliphatic carbocycles. The van der Waals surface area contributed by atoms with Crippen molar-refractivity contribution in [1.82, 2.24) is 15.1 Å². The van der Waals surface area contributed by atoms with Crippen molar-refractivity contribution in [1.29, 1.82) is 0 Å². The number of piperidine rings is 2. The predicted octanol–water partition coefficient (Wildman–Crippen LogP) is 1.81. The summed E-state index contributed by atoms with van der Waals surface area (Å²) in [7, 11) is 0. The van der Waals surface area contributed by atoms with Crippen LogP contribution in [0.25, 0.3) is 0 Å². The van der Waals surface area contributed by atoms with Gasteiger partial charge in [0.05, 0.1) is 0 Å². The minimum absolute atomic E-state index is 0.0963. The standard InChI is InChI=1S/C18H33N3O/c1-5-20-8-6-13(7-9-20)10-21-11-14-15(12-21)16(14)17(22)19-18(2,3)4/h13-16H,5-12H2,1-4H3,(H,19,22)/t14-,15+,16+. The van der Waals surface area contributed by atoms with Gasteiger partial charge in [-0.25, -0.2) is 0 Å². The Morgan fingerprint density at radius 3 is 2.18 bits per heavy atom. The number of nitrogens with zero attached hydrogens (tertiary/aromatic N) is 2. The van der Waals surface area contributed by atoms with Crippen LogP contribution in [0, 0.1) is 23.7 Å². The summed E-state index contributed by atoms with van der Waals surface area (Å²) < 4.78 is 0. The Hall–Kier alpha value is -0.610. The van der Waals surface area contributed by atoms with E-state index in [0.717, 1.165) is 19.0 Å². The zero-order valence-electron chi connectivity index (χ0n) is 14.8. The van der Waals surface area contributed by atoms with Crippen LogP contribution >= 0.6 is 0 Å². The van der Waals surface area contributed by atoms with Crippen molar-refractivity contribution in [3.8, 4) is 0 Å². The molecule has 3 aliphatic rings. The van der Waals surface area contributed by atoms with Crippen LogP contribution in [0.1, 0.15) is 40.5 Å². The highest BCUT2D eigenvalue weighted by atomic mass is 16.2. The number of carbonyl (C=O) groups excluding carboxylic acids is 1. The van der Waals surface area contributed by atoms with Gasteiger partial charge in [0.15, 0.2) is 0 Å². The van der Waals surface area contributed by atoms with Gasteiger partial charge in [-0.15, -0.1) is 0 Å². The lowest BCUT2D eigenvalue weighted by Crippen LogP contribution is -2.43. The van der Waals surface area contributed by atoms with Gasteiger partial charge in [0, 0.05) is 31.1 Å². The maximum atomic E-state index is 12.3. The van der Waals surface area contributed by atoms with Gasteiger partial charge in [-0.05, 0) is 71.0 Å². The third-order valence-electron chi connectivity index (χ3n) is 5.74. The summed E-state index contributed by atoms with van der Waals surface area (Å²) in [6.07, 6.45) is 2.71. The van der Waals surface area contributed by atoms with Crippen molar-refractivity contribution in [2.24, 2.45) is 23.7 Å². The molecule has 2 saturated heterocycles. The van der Waals surface area contributed by atoms with Crippen LogP contribution in [0.3, 0.4) is 0 Å². The molecule has 2 aliphatic heterocycles. The second kappa shape index (κ2) is 6.12. The van der Waals surface area contributed by atoms with Gasteiger partial charge in [-0.2, -0.15) is 0 Å². The largest absolute Gasteiger partial charge is 0.351 e. The highest BCUT2D eigenvalue weighted by Gasteiger charge is 2.59. The molecule has 1 N–H and O–H groups in total. The first-order valence-electron chi connectivity index (χ1n) is 9.14. The van der Waals surface area contributed by atoms with Crippen molar-refractivity contribution >= 4 is 5.91 Å². The average Bonchev–Trinajstić information content (AvgIpc) is 2.95. The lowest BCUT2D eigenvalue weighted by molar-refractivity contribution is -0.124. The molecule has 22 heavy (non-hydrogen) atoms. The fraction of sp³-hybridized carbons (Fsp3) is 0.944. The Morgan fingerprint density at radius 2 is 1.68 bits per heavy atom. The zero-order valence-corrected chi connectivity index (χ0v) is 14.8. The summed E-state index contributed by atoms with van der Waals surface area (Å²) in [4.78, 5) is 17.5. The molecule has 4 heteroatoms. The van der Waals surface area contributed by atoms with Crippen LogP contribution in [0.15, 0.2) is 0 Å². The number of likely N-dealkylation sites (tertiary alicyclic amines) is 2. The van der Waals surface area contributed by atoms with Crippen molar-refractivity contribution < 1.29 is 4.79 Å². The van der Waals surface area contributed by atoms with Crippen molar-refractivity contribution in [3.63, 3.8) is 0 Å². The van der Waals surface area contributed by atoms with Gasteiger partial charge >= 0.3 is 0 Å². The van der Waals surface area contributed by atoms with Crippen LogP contribution in [0.4, 0.5) is 0 Å². The predicted molar refractivity (Wildman–Crippen MR) is 89.6 cm³/mol. The maximum Gasteiger partial charge on any atom is 0.224 e. The van der Waals surface area contributed by atoms with E-state index in [-0.39, 0.29) is 5.54 Å². The maximum absolute atomic E-state index is 12.3. The summed E-state index contributed by atoms with van der Waals surface area (Å²) in [5.41, 5.74) is -0.0963. The first-order chi connectivity index (χ1) is 10.4. The summed E-state index contributed by atoms with van der Waals surface area (Å²) in [6, 6.07) is 0. The Bertz CT molecular complexity index is 397. The smallest absolute Gasteiger partial charge is 0.224 e. The van der Waals surface area contributed by atoms with E-state index >= 15 is 0 Å². The Kier molecular flexibility index (Phi) is 4.52. The van der Waals surface area contributed by atoms with E-state index in [0.29, 0.717) is 23.7 Å². The second-order valence-electron chi connectivity index (χ2n) is 8.69. The van der Waals surface area contributed by atoms with Crippen LogP contribution in [0.2, 0.25) is 0 Å². The van der Waals surface area contributed by atoms with Gasteiger partial charge in [0.1, 0.15) is 0 Å². The number of nitrogens with one attached hydrogen (secondary N) is 1. The van der Waals surface area contributed by atoms with E-state index in [2.05, 4.69) is 42.8 Å². The molecule has 3 rings (SSSR count). The molecule has 3 atom stereocenters. The van der Waals surface area contributed by atoms with E-state index in [1.54, 1.807) is 0 Å². The molecule has 0 spiro atoms. The molecule has 0 aromatic carbocycles. The van der Waals surface area contributed by atoms with E-state index in [1.807, 2.05) is 0 Å². The molecule has 1 amide bonds. The third kappa shape index (κ3) is 3.65. The Morgan fingerprint density at radius 1 is 1.09 bits per heavy atom. The molecular weight excluding hydrogens is 274 g/mol. The zero-order chi connectivity index (χ0) is 15.9. The molecule has 0 aromatic rings. The first-order valence-corrected chi connectivity index (χ1v) is 9.14. The lowest BCUT2D eigenvalue weighted by atomic mass is 9.96. The van der Waals surface area contributed by atoms with E-state index < -0.39 is 0 Å². The molecule has 3 fully saturated rings. The van der Waals surface area contributed by atoms with Gasteiger partial charge < -0.3 is 15.1 Å². The number of amides is 1. The van der Waals surface area contributed by atoms with E-state index in [9.17, 15) is 4.79 Å². The molecular formula is C18H33N3O.